The summed E-state index contributed by atoms with van der Waals surface area (Å²) in [6.45, 7) is 7.95. The second-order valence-corrected chi connectivity index (χ2v) is 5.27. The summed E-state index contributed by atoms with van der Waals surface area (Å²) in [6.07, 6.45) is 1.02. The molecule has 1 saturated heterocycles. The van der Waals surface area contributed by atoms with Crippen molar-refractivity contribution in [3.63, 3.8) is 0 Å². The molecule has 19 heavy (non-hydrogen) atoms. The molecule has 0 radical (unpaired) electrons. The lowest BCUT2D eigenvalue weighted by Crippen LogP contribution is -2.50. The van der Waals surface area contributed by atoms with E-state index < -0.39 is 0 Å². The van der Waals surface area contributed by atoms with Gasteiger partial charge in [-0.2, -0.15) is 15.0 Å². The van der Waals surface area contributed by atoms with Crippen LogP contribution in [0, 0.1) is 0 Å². The van der Waals surface area contributed by atoms with Crippen LogP contribution in [0.15, 0.2) is 0 Å². The summed E-state index contributed by atoms with van der Waals surface area (Å²) in [7, 11) is 2.14. The zero-order valence-corrected chi connectivity index (χ0v) is 12.5. The second kappa shape index (κ2) is 6.34. The van der Waals surface area contributed by atoms with E-state index in [0.717, 1.165) is 32.6 Å². The van der Waals surface area contributed by atoms with Gasteiger partial charge < -0.3 is 15.1 Å². The fourth-order valence-electron chi connectivity index (χ4n) is 2.03. The highest BCUT2D eigenvalue weighted by Crippen LogP contribution is 2.17. The Balaban J connectivity index is 2.13. The van der Waals surface area contributed by atoms with Crippen LogP contribution in [-0.4, -0.2) is 59.1 Å². The Hall–Kier alpha value is -1.14. The van der Waals surface area contributed by atoms with Crippen LogP contribution in [0.5, 0.6) is 0 Å². The maximum Gasteiger partial charge on any atom is 0.231 e. The van der Waals surface area contributed by atoms with Crippen LogP contribution in [0.2, 0.25) is 5.28 Å². The molecule has 0 saturated carbocycles. The fourth-order valence-corrected chi connectivity index (χ4v) is 2.18. The lowest BCUT2D eigenvalue weighted by atomic mass is 10.2. The van der Waals surface area contributed by atoms with Gasteiger partial charge in [-0.15, -0.1) is 0 Å². The van der Waals surface area contributed by atoms with Crippen LogP contribution < -0.4 is 10.2 Å². The van der Waals surface area contributed by atoms with Crippen molar-refractivity contribution >= 4 is 23.5 Å². The van der Waals surface area contributed by atoms with E-state index in [1.807, 2.05) is 0 Å². The molecule has 2 heterocycles. The summed E-state index contributed by atoms with van der Waals surface area (Å²) in [5.74, 6) is 1.22. The largest absolute Gasteiger partial charge is 0.354 e. The van der Waals surface area contributed by atoms with Gasteiger partial charge in [0.05, 0.1) is 0 Å². The van der Waals surface area contributed by atoms with E-state index in [1.165, 1.54) is 0 Å². The van der Waals surface area contributed by atoms with Gasteiger partial charge in [0.15, 0.2) is 0 Å². The van der Waals surface area contributed by atoms with Crippen molar-refractivity contribution in [2.75, 3.05) is 43.4 Å². The van der Waals surface area contributed by atoms with Crippen LogP contribution in [0.25, 0.3) is 0 Å². The van der Waals surface area contributed by atoms with E-state index in [2.05, 4.69) is 51.0 Å². The molecule has 1 fully saturated rings. The smallest absolute Gasteiger partial charge is 0.231 e. The monoisotopic (exact) mass is 284 g/mol. The topological polar surface area (TPSA) is 57.2 Å². The molecule has 6 nitrogen and oxygen atoms in total. The minimum absolute atomic E-state index is 0.246. The van der Waals surface area contributed by atoms with Gasteiger partial charge >= 0.3 is 0 Å². The molecule has 1 N–H and O–H groups in total. The van der Waals surface area contributed by atoms with E-state index in [1.54, 1.807) is 0 Å². The molecule has 1 aromatic heterocycles. The quantitative estimate of drug-likeness (QED) is 0.904. The van der Waals surface area contributed by atoms with Crippen LogP contribution in [0.1, 0.15) is 20.3 Å². The molecule has 0 amide bonds. The summed E-state index contributed by atoms with van der Waals surface area (Å²) < 4.78 is 0. The second-order valence-electron chi connectivity index (χ2n) is 4.93. The summed E-state index contributed by atoms with van der Waals surface area (Å²) in [6, 6.07) is 0.483. The normalized spacial score (nSPS) is 20.6. The zero-order valence-electron chi connectivity index (χ0n) is 11.7. The van der Waals surface area contributed by atoms with E-state index in [9.17, 15) is 0 Å². The van der Waals surface area contributed by atoms with E-state index >= 15 is 0 Å². The van der Waals surface area contributed by atoms with Crippen molar-refractivity contribution < 1.29 is 0 Å². The van der Waals surface area contributed by atoms with Crippen LogP contribution in [-0.2, 0) is 0 Å². The molecular formula is C12H21ClN6. The first-order valence-electron chi connectivity index (χ1n) is 6.70. The van der Waals surface area contributed by atoms with Crippen molar-refractivity contribution in [1.29, 1.82) is 0 Å². The first kappa shape index (κ1) is 14.3. The average Bonchev–Trinajstić information content (AvgIpc) is 2.39. The minimum Gasteiger partial charge on any atom is -0.354 e. The van der Waals surface area contributed by atoms with Gasteiger partial charge in [0.25, 0.3) is 0 Å². The first-order valence-corrected chi connectivity index (χ1v) is 7.08. The van der Waals surface area contributed by atoms with Gasteiger partial charge in [-0.3, -0.25) is 0 Å². The fraction of sp³-hybridized carbons (Fsp3) is 0.750. The number of aromatic nitrogens is 3. The number of hydrogen-bond acceptors (Lipinski definition) is 6. The number of rotatable bonds is 4. The molecule has 7 heteroatoms. The molecule has 0 aromatic carbocycles. The van der Waals surface area contributed by atoms with Crippen LogP contribution in [0.4, 0.5) is 11.9 Å². The third-order valence-corrected chi connectivity index (χ3v) is 3.54. The molecule has 2 rings (SSSR count). The molecule has 1 atom stereocenters. The van der Waals surface area contributed by atoms with Crippen molar-refractivity contribution in [3.8, 4) is 0 Å². The Labute approximate surface area is 119 Å². The highest BCUT2D eigenvalue weighted by atomic mass is 35.5. The van der Waals surface area contributed by atoms with Crippen molar-refractivity contribution in [2.45, 2.75) is 26.3 Å². The van der Waals surface area contributed by atoms with E-state index in [0.29, 0.717) is 17.9 Å². The summed E-state index contributed by atoms with van der Waals surface area (Å²) in [5.41, 5.74) is 0. The predicted molar refractivity (Wildman–Crippen MR) is 77.9 cm³/mol. The van der Waals surface area contributed by atoms with Crippen molar-refractivity contribution in [1.82, 2.24) is 19.9 Å². The molecule has 0 bridgehead atoms. The number of piperazine rings is 1. The Morgan fingerprint density at radius 3 is 2.79 bits per heavy atom. The van der Waals surface area contributed by atoms with Gasteiger partial charge in [0, 0.05) is 32.2 Å². The average molecular weight is 285 g/mol. The highest BCUT2D eigenvalue weighted by molar-refractivity contribution is 6.28. The summed E-state index contributed by atoms with van der Waals surface area (Å²) >= 11 is 5.97. The lowest BCUT2D eigenvalue weighted by molar-refractivity contribution is 0.233. The zero-order chi connectivity index (χ0) is 13.8. The van der Waals surface area contributed by atoms with Crippen molar-refractivity contribution in [2.24, 2.45) is 0 Å². The van der Waals surface area contributed by atoms with Crippen LogP contribution in [0.3, 0.4) is 0 Å². The molecule has 1 aliphatic heterocycles. The maximum absolute atomic E-state index is 5.97. The van der Waals surface area contributed by atoms with Gasteiger partial charge in [0.1, 0.15) is 0 Å². The molecule has 106 valence electrons. The Morgan fingerprint density at radius 1 is 1.32 bits per heavy atom. The summed E-state index contributed by atoms with van der Waals surface area (Å²) in [4.78, 5) is 17.3. The first-order chi connectivity index (χ1) is 9.10. The van der Waals surface area contributed by atoms with Gasteiger partial charge in [0.2, 0.25) is 17.2 Å². The van der Waals surface area contributed by atoms with Crippen molar-refractivity contribution in [3.05, 3.63) is 5.28 Å². The van der Waals surface area contributed by atoms with Gasteiger partial charge in [-0.05, 0) is 32.0 Å². The summed E-state index contributed by atoms with van der Waals surface area (Å²) in [5, 5.41) is 3.40. The van der Waals surface area contributed by atoms with Gasteiger partial charge in [-0.25, -0.2) is 0 Å². The third-order valence-electron chi connectivity index (χ3n) is 3.37. The molecule has 1 unspecified atom stereocenters. The van der Waals surface area contributed by atoms with Gasteiger partial charge in [-0.1, -0.05) is 6.92 Å². The number of nitrogens with zero attached hydrogens (tertiary/aromatic N) is 5. The molecule has 1 aromatic rings. The number of anilines is 2. The Morgan fingerprint density at radius 2 is 2.11 bits per heavy atom. The number of hydrogen-bond donors (Lipinski definition) is 1. The lowest BCUT2D eigenvalue weighted by Gasteiger charge is -2.37. The molecule has 0 spiro atoms. The number of likely N-dealkylation sites (N-methyl/N-ethyl adjacent to an activating group) is 1. The predicted octanol–water partition coefficient (Wildman–Crippen LogP) is 1.49. The highest BCUT2D eigenvalue weighted by Gasteiger charge is 2.23. The molecule has 1 aliphatic rings. The Kier molecular flexibility index (Phi) is 4.76. The third kappa shape index (κ3) is 3.67. The standard InChI is InChI=1S/C12H21ClN6/c1-4-5-14-11-15-10(13)16-12(17-11)19-7-6-18(3)9(2)8-19/h9H,4-8H2,1-3H3,(H,14,15,16,17). The van der Waals surface area contributed by atoms with E-state index in [-0.39, 0.29) is 5.28 Å². The minimum atomic E-state index is 0.246. The molecular weight excluding hydrogens is 264 g/mol. The van der Waals surface area contributed by atoms with Crippen LogP contribution >= 0.6 is 11.6 Å². The molecule has 0 aliphatic carbocycles. The van der Waals surface area contributed by atoms with E-state index in [4.69, 9.17) is 11.6 Å². The number of nitrogens with one attached hydrogen (secondary N) is 1. The maximum atomic E-state index is 5.97. The SMILES string of the molecule is CCCNc1nc(Cl)nc(N2CCN(C)C(C)C2)n1. The number of halogens is 1. The Bertz CT molecular complexity index is 427.